The van der Waals surface area contributed by atoms with E-state index in [2.05, 4.69) is 83.9 Å². The summed E-state index contributed by atoms with van der Waals surface area (Å²) in [6, 6.07) is 21.8. The van der Waals surface area contributed by atoms with E-state index in [9.17, 15) is 4.79 Å². The maximum atomic E-state index is 13.6. The van der Waals surface area contributed by atoms with Gasteiger partial charge in [-0.15, -0.1) is 0 Å². The molecule has 3 aliphatic rings. The summed E-state index contributed by atoms with van der Waals surface area (Å²) in [4.78, 5) is 15.6. The van der Waals surface area contributed by atoms with Crippen LogP contribution in [0.2, 0.25) is 0 Å². The van der Waals surface area contributed by atoms with Crippen LogP contribution < -0.4 is 5.32 Å². The Hall–Kier alpha value is -3.07. The molecule has 32 heavy (non-hydrogen) atoms. The van der Waals surface area contributed by atoms with Gasteiger partial charge in [-0.1, -0.05) is 67.6 Å². The zero-order valence-corrected chi connectivity index (χ0v) is 18.6. The number of amides is 1. The molecule has 3 atom stereocenters. The number of likely N-dealkylation sites (tertiary alicyclic amines) is 1. The zero-order valence-electron chi connectivity index (χ0n) is 18.6. The van der Waals surface area contributed by atoms with Crippen LogP contribution in [0.3, 0.4) is 0 Å². The van der Waals surface area contributed by atoms with Gasteiger partial charge in [0, 0.05) is 19.0 Å². The fourth-order valence-electron chi connectivity index (χ4n) is 5.91. The normalized spacial score (nSPS) is 24.8. The molecule has 0 aromatic heterocycles. The summed E-state index contributed by atoms with van der Waals surface area (Å²) < 4.78 is 0. The Morgan fingerprint density at radius 1 is 0.969 bits per heavy atom. The largest absolute Gasteiger partial charge is 0.377 e. The van der Waals surface area contributed by atoms with E-state index < -0.39 is 0 Å². The van der Waals surface area contributed by atoms with Crippen molar-refractivity contribution in [1.82, 2.24) is 4.90 Å². The van der Waals surface area contributed by atoms with Gasteiger partial charge in [0.1, 0.15) is 0 Å². The first-order chi connectivity index (χ1) is 15.7. The van der Waals surface area contributed by atoms with Crippen LogP contribution in [0.5, 0.6) is 0 Å². The summed E-state index contributed by atoms with van der Waals surface area (Å²) in [6.45, 7) is 4.02. The molecule has 3 aromatic rings. The summed E-state index contributed by atoms with van der Waals surface area (Å²) in [7, 11) is 0. The first kappa shape index (κ1) is 19.6. The molecule has 0 spiro atoms. The molecule has 1 N–H and O–H groups in total. The number of carbonyl (C=O) groups excluding carboxylic acids is 1. The highest BCUT2D eigenvalue weighted by molar-refractivity contribution is 6.01. The van der Waals surface area contributed by atoms with E-state index in [-0.39, 0.29) is 11.9 Å². The van der Waals surface area contributed by atoms with Crippen molar-refractivity contribution in [1.29, 1.82) is 0 Å². The van der Waals surface area contributed by atoms with E-state index >= 15 is 0 Å². The standard InChI is InChI=1S/C29H30N2O/c1-19-14-16-31(17-15-19)29(32)26-11-5-10-25-23-8-4-9-24(23)27(30-28(25)26)22-13-12-20-6-2-3-7-21(20)18-22/h2-8,10-13,18-19,23-24,27,30H,9,14-17H2,1H3. The van der Waals surface area contributed by atoms with E-state index in [0.717, 1.165) is 43.6 Å². The van der Waals surface area contributed by atoms with E-state index in [0.29, 0.717) is 17.8 Å². The van der Waals surface area contributed by atoms with Crippen molar-refractivity contribution in [2.45, 2.75) is 38.1 Å². The molecule has 0 radical (unpaired) electrons. The first-order valence-corrected chi connectivity index (χ1v) is 12.0. The van der Waals surface area contributed by atoms with Crippen LogP contribution in [0.1, 0.15) is 59.6 Å². The number of anilines is 1. The maximum absolute atomic E-state index is 13.6. The predicted molar refractivity (Wildman–Crippen MR) is 131 cm³/mol. The van der Waals surface area contributed by atoms with Crippen LogP contribution in [-0.4, -0.2) is 23.9 Å². The minimum atomic E-state index is 0.180. The van der Waals surface area contributed by atoms with Crippen LogP contribution in [0, 0.1) is 11.8 Å². The van der Waals surface area contributed by atoms with Crippen molar-refractivity contribution in [2.24, 2.45) is 11.8 Å². The lowest BCUT2D eigenvalue weighted by Crippen LogP contribution is -2.39. The number of nitrogens with one attached hydrogen (secondary N) is 1. The van der Waals surface area contributed by atoms with Crippen molar-refractivity contribution < 1.29 is 4.79 Å². The number of piperidine rings is 1. The Morgan fingerprint density at radius 3 is 2.62 bits per heavy atom. The van der Waals surface area contributed by atoms with Gasteiger partial charge in [-0.3, -0.25) is 4.79 Å². The minimum absolute atomic E-state index is 0.180. The van der Waals surface area contributed by atoms with Crippen LogP contribution in [0.15, 0.2) is 72.8 Å². The zero-order chi connectivity index (χ0) is 21.7. The van der Waals surface area contributed by atoms with Gasteiger partial charge in [0.15, 0.2) is 0 Å². The number of para-hydroxylation sites is 1. The minimum Gasteiger partial charge on any atom is -0.377 e. The lowest BCUT2D eigenvalue weighted by Gasteiger charge is -2.39. The van der Waals surface area contributed by atoms with Crippen molar-refractivity contribution >= 4 is 22.4 Å². The Balaban J connectivity index is 1.40. The van der Waals surface area contributed by atoms with Crippen LogP contribution in [0.4, 0.5) is 5.69 Å². The van der Waals surface area contributed by atoms with Gasteiger partial charge >= 0.3 is 0 Å². The summed E-state index contributed by atoms with van der Waals surface area (Å²) in [5.41, 5.74) is 4.46. The number of benzene rings is 3. The number of hydrogen-bond acceptors (Lipinski definition) is 2. The monoisotopic (exact) mass is 422 g/mol. The van der Waals surface area contributed by atoms with Gasteiger partial charge < -0.3 is 10.2 Å². The fraction of sp³-hybridized carbons (Fsp3) is 0.345. The maximum Gasteiger partial charge on any atom is 0.255 e. The summed E-state index contributed by atoms with van der Waals surface area (Å²) in [6.07, 6.45) is 7.94. The molecular weight excluding hydrogens is 392 g/mol. The Kier molecular flexibility index (Phi) is 4.78. The van der Waals surface area contributed by atoms with E-state index in [1.807, 2.05) is 6.07 Å². The summed E-state index contributed by atoms with van der Waals surface area (Å²) in [5, 5.41) is 6.40. The molecule has 3 heteroatoms. The van der Waals surface area contributed by atoms with Gasteiger partial charge in [0.2, 0.25) is 0 Å². The molecular formula is C29H30N2O. The van der Waals surface area contributed by atoms with Gasteiger partial charge in [-0.2, -0.15) is 0 Å². The number of rotatable bonds is 2. The molecule has 3 unspecified atom stereocenters. The van der Waals surface area contributed by atoms with Gasteiger partial charge in [0.05, 0.1) is 17.3 Å². The quantitative estimate of drug-likeness (QED) is 0.476. The Morgan fingerprint density at radius 2 is 1.78 bits per heavy atom. The number of fused-ring (bicyclic) bond motifs is 4. The second-order valence-electron chi connectivity index (χ2n) is 9.83. The molecule has 6 rings (SSSR count). The first-order valence-electron chi connectivity index (χ1n) is 12.0. The molecule has 3 aromatic carbocycles. The second kappa shape index (κ2) is 7.81. The third kappa shape index (κ3) is 3.23. The summed E-state index contributed by atoms with van der Waals surface area (Å²) >= 11 is 0. The summed E-state index contributed by atoms with van der Waals surface area (Å²) in [5.74, 6) is 1.73. The van der Waals surface area contributed by atoms with Gasteiger partial charge in [-0.05, 0) is 65.1 Å². The van der Waals surface area contributed by atoms with E-state index in [1.54, 1.807) is 0 Å². The van der Waals surface area contributed by atoms with Crippen molar-refractivity contribution in [3.8, 4) is 0 Å². The topological polar surface area (TPSA) is 32.3 Å². The fourth-order valence-corrected chi connectivity index (χ4v) is 5.91. The molecule has 0 saturated carbocycles. The van der Waals surface area contributed by atoms with Gasteiger partial charge in [0.25, 0.3) is 5.91 Å². The SMILES string of the molecule is CC1CCN(C(=O)c2cccc3c2NC(c2ccc4ccccc4c2)C2CC=CC32)CC1. The number of carbonyl (C=O) groups is 1. The van der Waals surface area contributed by atoms with E-state index in [4.69, 9.17) is 0 Å². The highest BCUT2D eigenvalue weighted by atomic mass is 16.2. The van der Waals surface area contributed by atoms with Crippen LogP contribution in [-0.2, 0) is 0 Å². The molecule has 0 bridgehead atoms. The van der Waals surface area contributed by atoms with Crippen LogP contribution in [0.25, 0.3) is 10.8 Å². The second-order valence-corrected chi connectivity index (χ2v) is 9.83. The third-order valence-electron chi connectivity index (χ3n) is 7.83. The predicted octanol–water partition coefficient (Wildman–Crippen LogP) is 6.54. The number of hydrogen-bond donors (Lipinski definition) is 1. The molecule has 3 nitrogen and oxygen atoms in total. The molecule has 1 amide bonds. The average molecular weight is 423 g/mol. The smallest absolute Gasteiger partial charge is 0.255 e. The lowest BCUT2D eigenvalue weighted by molar-refractivity contribution is 0.0698. The van der Waals surface area contributed by atoms with Crippen LogP contribution >= 0.6 is 0 Å². The number of allylic oxidation sites excluding steroid dienone is 2. The third-order valence-corrected chi connectivity index (χ3v) is 7.83. The molecule has 2 heterocycles. The molecule has 1 saturated heterocycles. The van der Waals surface area contributed by atoms with Crippen molar-refractivity contribution in [3.63, 3.8) is 0 Å². The number of nitrogens with zero attached hydrogens (tertiary/aromatic N) is 1. The lowest BCUT2D eigenvalue weighted by atomic mass is 9.76. The molecule has 1 aliphatic carbocycles. The molecule has 162 valence electrons. The van der Waals surface area contributed by atoms with E-state index in [1.165, 1.54) is 21.9 Å². The van der Waals surface area contributed by atoms with Crippen molar-refractivity contribution in [2.75, 3.05) is 18.4 Å². The Bertz CT molecular complexity index is 1200. The highest BCUT2D eigenvalue weighted by Crippen LogP contribution is 2.51. The molecule has 2 aliphatic heterocycles. The highest BCUT2D eigenvalue weighted by Gasteiger charge is 2.39. The molecule has 1 fully saturated rings. The average Bonchev–Trinajstić information content (AvgIpc) is 3.33. The van der Waals surface area contributed by atoms with Crippen molar-refractivity contribution in [3.05, 3.63) is 89.5 Å². The van der Waals surface area contributed by atoms with Gasteiger partial charge in [-0.25, -0.2) is 0 Å². The Labute approximate surface area is 190 Å².